The summed E-state index contributed by atoms with van der Waals surface area (Å²) in [5, 5.41) is 4.44. The van der Waals surface area contributed by atoms with Crippen molar-refractivity contribution in [2.45, 2.75) is 18.9 Å². The third kappa shape index (κ3) is 2.65. The molecule has 0 saturated heterocycles. The Balaban J connectivity index is 1.82. The van der Waals surface area contributed by atoms with Crippen molar-refractivity contribution in [3.63, 3.8) is 0 Å². The number of carbonyl (C=O) groups is 1. The van der Waals surface area contributed by atoms with Gasteiger partial charge in [-0.2, -0.15) is 0 Å². The van der Waals surface area contributed by atoms with Crippen LogP contribution in [-0.4, -0.2) is 17.3 Å². The summed E-state index contributed by atoms with van der Waals surface area (Å²) in [4.78, 5) is 18.4. The fourth-order valence-electron chi connectivity index (χ4n) is 2.64. The Morgan fingerprint density at radius 2 is 1.96 bits per heavy atom. The highest BCUT2D eigenvalue weighted by atomic mass is 19.1. The minimum Gasteiger partial charge on any atom is -0.302 e. The van der Waals surface area contributed by atoms with Crippen molar-refractivity contribution in [3.8, 4) is 11.1 Å². The number of carbonyl (C=O) groups excluding carboxylic acids is 1. The predicted molar refractivity (Wildman–Crippen MR) is 85.7 cm³/mol. The van der Waals surface area contributed by atoms with Crippen LogP contribution in [0.25, 0.3) is 22.0 Å². The maximum absolute atomic E-state index is 13.5. The number of aromatic amines is 1. The number of nitrogens with one attached hydrogen (secondary N) is 2. The molecule has 4 nitrogen and oxygen atoms in total. The summed E-state index contributed by atoms with van der Waals surface area (Å²) >= 11 is 0. The molecule has 5 heteroatoms. The average molecular weight is 308 g/mol. The Morgan fingerprint density at radius 3 is 2.74 bits per heavy atom. The van der Waals surface area contributed by atoms with Crippen molar-refractivity contribution in [1.82, 2.24) is 4.98 Å². The molecule has 1 aliphatic carbocycles. The molecule has 0 bridgehead atoms. The fourth-order valence-corrected chi connectivity index (χ4v) is 2.64. The molecule has 0 unspecified atom stereocenters. The number of hydrogen-bond acceptors (Lipinski definition) is 3. The second kappa shape index (κ2) is 5.43. The van der Waals surface area contributed by atoms with Crippen LogP contribution in [-0.2, 0) is 0 Å². The number of anilines is 1. The van der Waals surface area contributed by atoms with Crippen LogP contribution in [0.4, 0.5) is 10.2 Å². The molecule has 2 N–H and O–H groups in total. The van der Waals surface area contributed by atoms with Crippen LogP contribution >= 0.6 is 0 Å². The van der Waals surface area contributed by atoms with E-state index in [1.54, 1.807) is 18.5 Å². The van der Waals surface area contributed by atoms with Gasteiger partial charge >= 0.3 is 0 Å². The molecule has 2 aromatic carbocycles. The summed E-state index contributed by atoms with van der Waals surface area (Å²) < 4.78 is 13.5. The first-order valence-electron chi connectivity index (χ1n) is 7.57. The number of rotatable bonds is 4. The molecule has 0 amide bonds. The van der Waals surface area contributed by atoms with Crippen LogP contribution in [0.5, 0.6) is 0 Å². The lowest BCUT2D eigenvalue weighted by molar-refractivity contribution is -0.364. The van der Waals surface area contributed by atoms with Crippen LogP contribution in [0, 0.1) is 5.82 Å². The van der Waals surface area contributed by atoms with Crippen molar-refractivity contribution in [2.24, 2.45) is 0 Å². The van der Waals surface area contributed by atoms with E-state index in [-0.39, 0.29) is 5.56 Å². The summed E-state index contributed by atoms with van der Waals surface area (Å²) in [5.41, 5.74) is 2.67. The van der Waals surface area contributed by atoms with Gasteiger partial charge in [-0.3, -0.25) is 4.79 Å². The molecular formula is C18H15FN3O+. The summed E-state index contributed by atoms with van der Waals surface area (Å²) in [7, 11) is 0. The maximum atomic E-state index is 13.5. The van der Waals surface area contributed by atoms with Gasteiger partial charge in [0.25, 0.3) is 0 Å². The number of halogens is 1. The topological polar surface area (TPSA) is 56.1 Å². The molecule has 1 aliphatic rings. The highest BCUT2D eigenvalue weighted by Crippen LogP contribution is 2.29. The Labute approximate surface area is 132 Å². The molecule has 0 atom stereocenters. The highest BCUT2D eigenvalue weighted by molar-refractivity contribution is 5.91. The number of hydrogen-bond donors (Lipinski definition) is 1. The molecule has 1 fully saturated rings. The van der Waals surface area contributed by atoms with Crippen LogP contribution in [0.2, 0.25) is 0 Å². The number of benzene rings is 2. The van der Waals surface area contributed by atoms with Gasteiger partial charge in [0.1, 0.15) is 5.82 Å². The molecule has 1 saturated carbocycles. The number of H-pyrrole nitrogens is 1. The normalized spacial score (nSPS) is 14.0. The molecule has 1 aromatic heterocycles. The van der Waals surface area contributed by atoms with Crippen LogP contribution in [0.3, 0.4) is 0 Å². The Hall–Kier alpha value is -2.82. The Bertz CT molecular complexity index is 906. The van der Waals surface area contributed by atoms with E-state index in [0.717, 1.165) is 27.8 Å². The van der Waals surface area contributed by atoms with Crippen molar-refractivity contribution in [2.75, 3.05) is 5.32 Å². The molecule has 114 valence electrons. The lowest BCUT2D eigenvalue weighted by Gasteiger charge is -2.06. The summed E-state index contributed by atoms with van der Waals surface area (Å²) in [6, 6.07) is 11.0. The van der Waals surface area contributed by atoms with Crippen LogP contribution in [0.15, 0.2) is 42.7 Å². The van der Waals surface area contributed by atoms with Gasteiger partial charge < -0.3 is 5.32 Å². The minimum atomic E-state index is -0.504. The Kier molecular flexibility index (Phi) is 3.26. The number of aromatic nitrogens is 2. The van der Waals surface area contributed by atoms with Gasteiger partial charge in [0, 0.05) is 0 Å². The first-order valence-corrected chi connectivity index (χ1v) is 7.57. The van der Waals surface area contributed by atoms with Crippen molar-refractivity contribution in [1.29, 1.82) is 0 Å². The zero-order valence-corrected chi connectivity index (χ0v) is 12.3. The predicted octanol–water partition coefficient (Wildman–Crippen LogP) is 3.24. The number of fused-ring (bicyclic) bond motifs is 1. The van der Waals surface area contributed by atoms with E-state index < -0.39 is 5.82 Å². The van der Waals surface area contributed by atoms with Crippen molar-refractivity contribution < 1.29 is 14.2 Å². The molecule has 0 aliphatic heterocycles. The van der Waals surface area contributed by atoms with Gasteiger partial charge in [0.2, 0.25) is 12.1 Å². The van der Waals surface area contributed by atoms with Gasteiger partial charge in [-0.1, -0.05) is 12.1 Å². The van der Waals surface area contributed by atoms with Crippen LogP contribution in [0.1, 0.15) is 23.2 Å². The standard InChI is InChI=1S/C18H14FN3O/c19-16-5-1-11(7-13(16)9-23)12-2-6-17-15(8-12)18(21-10-20-17)22-14-3-4-14/h1-2,5-10,14H,3-4H2,(H,20,21,22)/p+1. The van der Waals surface area contributed by atoms with Gasteiger partial charge in [-0.15, -0.1) is 4.98 Å². The Morgan fingerprint density at radius 1 is 1.17 bits per heavy atom. The van der Waals surface area contributed by atoms with E-state index in [4.69, 9.17) is 0 Å². The average Bonchev–Trinajstić information content (AvgIpc) is 3.39. The molecule has 23 heavy (non-hydrogen) atoms. The van der Waals surface area contributed by atoms with E-state index >= 15 is 0 Å². The zero-order valence-electron chi connectivity index (χ0n) is 12.3. The van der Waals surface area contributed by atoms with Crippen molar-refractivity contribution >= 4 is 23.0 Å². The quantitative estimate of drug-likeness (QED) is 0.753. The van der Waals surface area contributed by atoms with Crippen LogP contribution < -0.4 is 10.3 Å². The van der Waals surface area contributed by atoms with E-state index in [1.807, 2.05) is 18.2 Å². The van der Waals surface area contributed by atoms with E-state index in [2.05, 4.69) is 15.3 Å². The second-order valence-corrected chi connectivity index (χ2v) is 5.78. The van der Waals surface area contributed by atoms with E-state index in [0.29, 0.717) is 12.3 Å². The summed E-state index contributed by atoms with van der Waals surface area (Å²) in [6.45, 7) is 0. The van der Waals surface area contributed by atoms with Gasteiger partial charge in [-0.05, 0) is 48.2 Å². The third-order valence-corrected chi connectivity index (χ3v) is 4.06. The van der Waals surface area contributed by atoms with Gasteiger partial charge in [0.05, 0.1) is 17.0 Å². The zero-order chi connectivity index (χ0) is 15.8. The lowest BCUT2D eigenvalue weighted by atomic mass is 10.0. The maximum Gasteiger partial charge on any atom is 0.230 e. The van der Waals surface area contributed by atoms with E-state index in [9.17, 15) is 9.18 Å². The number of nitrogens with zero attached hydrogens (tertiary/aromatic N) is 1. The smallest absolute Gasteiger partial charge is 0.230 e. The monoisotopic (exact) mass is 308 g/mol. The molecular weight excluding hydrogens is 293 g/mol. The first kappa shape index (κ1) is 13.8. The summed E-state index contributed by atoms with van der Waals surface area (Å²) in [5.74, 6) is 0.438. The van der Waals surface area contributed by atoms with E-state index in [1.165, 1.54) is 18.9 Å². The summed E-state index contributed by atoms with van der Waals surface area (Å²) in [6.07, 6.45) is 4.57. The van der Waals surface area contributed by atoms with Gasteiger partial charge in [0.15, 0.2) is 11.8 Å². The molecule has 0 radical (unpaired) electrons. The SMILES string of the molecule is O=Cc1cc(-c2ccc3nc[nH+]c(NC4CC4)c3c2)ccc1F. The molecule has 1 heterocycles. The molecule has 0 spiro atoms. The number of aldehydes is 1. The largest absolute Gasteiger partial charge is 0.302 e. The highest BCUT2D eigenvalue weighted by Gasteiger charge is 2.26. The fraction of sp³-hybridized carbons (Fsp3) is 0.167. The minimum absolute atomic E-state index is 0.0664. The van der Waals surface area contributed by atoms with Crippen molar-refractivity contribution in [3.05, 3.63) is 54.1 Å². The third-order valence-electron chi connectivity index (χ3n) is 4.06. The molecule has 3 aromatic rings. The lowest BCUT2D eigenvalue weighted by Crippen LogP contribution is -2.15. The van der Waals surface area contributed by atoms with Gasteiger partial charge in [-0.25, -0.2) is 9.37 Å². The first-order chi connectivity index (χ1) is 11.2. The molecule has 4 rings (SSSR count). The second-order valence-electron chi connectivity index (χ2n) is 5.78.